The Morgan fingerprint density at radius 2 is 1.83 bits per heavy atom. The van der Waals surface area contributed by atoms with Gasteiger partial charge in [-0.05, 0) is 55.4 Å². The van der Waals surface area contributed by atoms with Crippen LogP contribution >= 0.6 is 11.6 Å². The molecule has 3 aliphatic carbocycles. The molecule has 5 nitrogen and oxygen atoms in total. The van der Waals surface area contributed by atoms with E-state index in [1.165, 1.54) is 24.4 Å². The molecule has 144 valence electrons. The van der Waals surface area contributed by atoms with Gasteiger partial charge in [-0.2, -0.15) is 10.4 Å². The Morgan fingerprint density at radius 3 is 2.52 bits per heavy atom. The normalized spacial score (nSPS) is 22.2. The lowest BCUT2D eigenvalue weighted by Gasteiger charge is -2.46. The molecule has 0 aliphatic heterocycles. The van der Waals surface area contributed by atoms with Gasteiger partial charge in [-0.3, -0.25) is 0 Å². The van der Waals surface area contributed by atoms with Gasteiger partial charge in [-0.25, -0.2) is 18.7 Å². The SMILES string of the molecule is N#Cc1ncc(Cl)c([C@]23CC[C@H](CC2)c2cc(-c4c(F)cccc4F)nnc23)n1. The largest absolute Gasteiger partial charge is 0.232 e. The molecule has 8 heteroatoms. The predicted octanol–water partition coefficient (Wildman–Crippen LogP) is 4.69. The van der Waals surface area contributed by atoms with Gasteiger partial charge in [0.25, 0.3) is 0 Å². The summed E-state index contributed by atoms with van der Waals surface area (Å²) in [5.41, 5.74) is 1.64. The third-order valence-electron chi connectivity index (χ3n) is 6.07. The fourth-order valence-electron chi connectivity index (χ4n) is 4.72. The van der Waals surface area contributed by atoms with Crippen molar-refractivity contribution < 1.29 is 8.78 Å². The summed E-state index contributed by atoms with van der Waals surface area (Å²) in [7, 11) is 0. The zero-order chi connectivity index (χ0) is 20.2. The van der Waals surface area contributed by atoms with Crippen LogP contribution in [0.4, 0.5) is 8.78 Å². The van der Waals surface area contributed by atoms with Crippen LogP contribution in [0.15, 0.2) is 30.5 Å². The fraction of sp³-hybridized carbons (Fsp3) is 0.286. The minimum Gasteiger partial charge on any atom is -0.226 e. The first kappa shape index (κ1) is 18.1. The molecule has 2 bridgehead atoms. The topological polar surface area (TPSA) is 75.3 Å². The molecule has 0 saturated heterocycles. The molecule has 3 aromatic rings. The van der Waals surface area contributed by atoms with Crippen LogP contribution in [-0.4, -0.2) is 20.2 Å². The van der Waals surface area contributed by atoms with Crippen LogP contribution < -0.4 is 0 Å². The van der Waals surface area contributed by atoms with Crippen molar-refractivity contribution in [2.75, 3.05) is 0 Å². The second-order valence-corrected chi connectivity index (χ2v) is 7.90. The number of aromatic nitrogens is 4. The van der Waals surface area contributed by atoms with Gasteiger partial charge in [0.05, 0.1) is 39.3 Å². The summed E-state index contributed by atoms with van der Waals surface area (Å²) in [5.74, 6) is -1.06. The molecule has 2 aromatic heterocycles. The van der Waals surface area contributed by atoms with E-state index in [0.29, 0.717) is 10.7 Å². The molecule has 0 spiro atoms. The standard InChI is InChI=1S/C21H14ClF2N5/c22-13-10-26-17(9-25)27-20(13)21-6-4-11(5-7-21)12-8-16(28-29-19(12)21)18-14(23)2-1-3-15(18)24/h1-3,8,10-11H,4-7H2/t11-,21-. The molecule has 0 N–H and O–H groups in total. The summed E-state index contributed by atoms with van der Waals surface area (Å²) < 4.78 is 28.5. The lowest BCUT2D eigenvalue weighted by molar-refractivity contribution is 0.263. The van der Waals surface area contributed by atoms with Crippen molar-refractivity contribution in [1.82, 2.24) is 20.2 Å². The number of benzene rings is 1. The van der Waals surface area contributed by atoms with Crippen molar-refractivity contribution in [2.45, 2.75) is 37.0 Å². The maximum atomic E-state index is 14.3. The van der Waals surface area contributed by atoms with Crippen LogP contribution in [-0.2, 0) is 5.41 Å². The van der Waals surface area contributed by atoms with E-state index in [9.17, 15) is 14.0 Å². The molecule has 0 atom stereocenters. The summed E-state index contributed by atoms with van der Waals surface area (Å²) in [6.07, 6.45) is 4.73. The summed E-state index contributed by atoms with van der Waals surface area (Å²) in [5, 5.41) is 18.2. The Morgan fingerprint density at radius 1 is 1.10 bits per heavy atom. The Labute approximate surface area is 170 Å². The second kappa shape index (κ2) is 6.53. The Hall–Kier alpha value is -2.98. The van der Waals surface area contributed by atoms with E-state index in [2.05, 4.69) is 20.2 Å². The van der Waals surface area contributed by atoms with E-state index in [4.69, 9.17) is 11.6 Å². The van der Waals surface area contributed by atoms with Crippen molar-refractivity contribution in [3.05, 3.63) is 69.9 Å². The molecular weight excluding hydrogens is 396 g/mol. The average molecular weight is 410 g/mol. The maximum absolute atomic E-state index is 14.3. The van der Waals surface area contributed by atoms with E-state index in [-0.39, 0.29) is 23.0 Å². The number of nitrogens with zero attached hydrogens (tertiary/aromatic N) is 5. The summed E-state index contributed by atoms with van der Waals surface area (Å²) in [6, 6.07) is 7.42. The van der Waals surface area contributed by atoms with Crippen LogP contribution in [0, 0.1) is 23.0 Å². The molecule has 0 radical (unpaired) electrons. The maximum Gasteiger partial charge on any atom is 0.232 e. The first-order chi connectivity index (χ1) is 14.0. The van der Waals surface area contributed by atoms with Gasteiger partial charge in [-0.1, -0.05) is 17.7 Å². The summed E-state index contributed by atoms with van der Waals surface area (Å²) in [6.45, 7) is 0. The summed E-state index contributed by atoms with van der Waals surface area (Å²) in [4.78, 5) is 8.33. The van der Waals surface area contributed by atoms with E-state index in [1.807, 2.05) is 6.07 Å². The van der Waals surface area contributed by atoms with Crippen LogP contribution in [0.5, 0.6) is 0 Å². The molecule has 1 saturated carbocycles. The molecule has 0 unspecified atom stereocenters. The highest BCUT2D eigenvalue weighted by Crippen LogP contribution is 2.56. The van der Waals surface area contributed by atoms with Crippen LogP contribution in [0.2, 0.25) is 5.02 Å². The zero-order valence-corrected chi connectivity index (χ0v) is 15.9. The van der Waals surface area contributed by atoms with Crippen molar-refractivity contribution in [1.29, 1.82) is 5.26 Å². The number of halogens is 3. The Balaban J connectivity index is 1.71. The Bertz CT molecular complexity index is 1160. The van der Waals surface area contributed by atoms with Gasteiger partial charge in [0.15, 0.2) is 0 Å². The van der Waals surface area contributed by atoms with Crippen molar-refractivity contribution in [3.8, 4) is 17.3 Å². The number of nitriles is 1. The van der Waals surface area contributed by atoms with Gasteiger partial charge >= 0.3 is 0 Å². The molecule has 6 rings (SSSR count). The van der Waals surface area contributed by atoms with E-state index in [1.54, 1.807) is 6.07 Å². The first-order valence-corrected chi connectivity index (χ1v) is 9.67. The smallest absolute Gasteiger partial charge is 0.226 e. The lowest BCUT2D eigenvalue weighted by atomic mass is 9.58. The van der Waals surface area contributed by atoms with E-state index in [0.717, 1.165) is 36.9 Å². The first-order valence-electron chi connectivity index (χ1n) is 9.29. The van der Waals surface area contributed by atoms with Crippen LogP contribution in [0.1, 0.15) is 54.4 Å². The van der Waals surface area contributed by atoms with Gasteiger partial charge < -0.3 is 0 Å². The second-order valence-electron chi connectivity index (χ2n) is 7.49. The number of hydrogen-bond acceptors (Lipinski definition) is 5. The van der Waals surface area contributed by atoms with Gasteiger partial charge in [0.1, 0.15) is 17.7 Å². The minimum absolute atomic E-state index is 0.0472. The van der Waals surface area contributed by atoms with Gasteiger partial charge in [0.2, 0.25) is 5.82 Å². The molecule has 1 aromatic carbocycles. The van der Waals surface area contributed by atoms with Gasteiger partial charge in [0, 0.05) is 0 Å². The molecular formula is C21H14ClF2N5. The molecule has 0 amide bonds. The molecule has 2 heterocycles. The molecule has 29 heavy (non-hydrogen) atoms. The highest BCUT2D eigenvalue weighted by molar-refractivity contribution is 6.31. The number of fused-ring (bicyclic) bond motifs is 2. The molecule has 1 fully saturated rings. The minimum atomic E-state index is -0.674. The summed E-state index contributed by atoms with van der Waals surface area (Å²) >= 11 is 6.43. The highest BCUT2D eigenvalue weighted by Gasteiger charge is 2.49. The quantitative estimate of drug-likeness (QED) is 0.613. The fourth-order valence-corrected chi connectivity index (χ4v) is 4.99. The third kappa shape index (κ3) is 2.63. The highest BCUT2D eigenvalue weighted by atomic mass is 35.5. The van der Waals surface area contributed by atoms with Crippen molar-refractivity contribution >= 4 is 11.6 Å². The van der Waals surface area contributed by atoms with Crippen molar-refractivity contribution in [2.24, 2.45) is 0 Å². The molecule has 3 aliphatic rings. The van der Waals surface area contributed by atoms with Crippen molar-refractivity contribution in [3.63, 3.8) is 0 Å². The van der Waals surface area contributed by atoms with E-state index >= 15 is 0 Å². The van der Waals surface area contributed by atoms with E-state index < -0.39 is 17.0 Å². The monoisotopic (exact) mass is 409 g/mol. The lowest BCUT2D eigenvalue weighted by Crippen LogP contribution is -2.41. The third-order valence-corrected chi connectivity index (χ3v) is 6.35. The zero-order valence-electron chi connectivity index (χ0n) is 15.2. The number of hydrogen-bond donors (Lipinski definition) is 0. The number of rotatable bonds is 2. The average Bonchev–Trinajstić information content (AvgIpc) is 2.74. The Kier molecular flexibility index (Phi) is 4.07. The van der Waals surface area contributed by atoms with Gasteiger partial charge in [-0.15, -0.1) is 5.10 Å². The van der Waals surface area contributed by atoms with Crippen LogP contribution in [0.3, 0.4) is 0 Å². The predicted molar refractivity (Wildman–Crippen MR) is 101 cm³/mol. The van der Waals surface area contributed by atoms with Crippen LogP contribution in [0.25, 0.3) is 11.3 Å².